The van der Waals surface area contributed by atoms with Crippen molar-refractivity contribution in [3.05, 3.63) is 36.0 Å². The van der Waals surface area contributed by atoms with Crippen LogP contribution in [0.2, 0.25) is 0 Å². The molecule has 2 aromatic rings. The molecule has 0 radical (unpaired) electrons. The normalized spacial score (nSPS) is 13.7. The zero-order valence-electron chi connectivity index (χ0n) is 12.4. The highest BCUT2D eigenvalue weighted by molar-refractivity contribution is 5.84. The van der Waals surface area contributed by atoms with E-state index >= 15 is 0 Å². The second kappa shape index (κ2) is 7.09. The number of aromatic nitrogens is 1. The van der Waals surface area contributed by atoms with E-state index in [2.05, 4.69) is 10.3 Å². The van der Waals surface area contributed by atoms with Crippen molar-refractivity contribution in [1.29, 1.82) is 0 Å². The van der Waals surface area contributed by atoms with Gasteiger partial charge >= 0.3 is 5.97 Å². The van der Waals surface area contributed by atoms with Crippen molar-refractivity contribution >= 4 is 22.8 Å². The molecule has 1 aromatic heterocycles. The second-order valence-corrected chi connectivity index (χ2v) is 5.34. The summed E-state index contributed by atoms with van der Waals surface area (Å²) in [4.78, 5) is 25.8. The molecule has 118 valence electrons. The number of nitrogens with one attached hydrogen (secondary N) is 2. The van der Waals surface area contributed by atoms with Gasteiger partial charge in [0.15, 0.2) is 6.04 Å². The van der Waals surface area contributed by atoms with Crippen molar-refractivity contribution in [3.63, 3.8) is 0 Å². The Morgan fingerprint density at radius 1 is 1.32 bits per heavy atom. The van der Waals surface area contributed by atoms with Gasteiger partial charge < -0.3 is 20.5 Å². The van der Waals surface area contributed by atoms with E-state index in [0.29, 0.717) is 6.42 Å². The zero-order chi connectivity index (χ0) is 16.1. The number of H-pyrrole nitrogens is 1. The molecular formula is C16H20N2O4. The molecule has 0 saturated carbocycles. The summed E-state index contributed by atoms with van der Waals surface area (Å²) in [7, 11) is 0. The van der Waals surface area contributed by atoms with Crippen molar-refractivity contribution in [2.45, 2.75) is 38.3 Å². The number of aliphatic hydroxyl groups excluding tert-OH is 1. The van der Waals surface area contributed by atoms with Gasteiger partial charge in [0.1, 0.15) is 0 Å². The lowest BCUT2D eigenvalue weighted by Gasteiger charge is -2.16. The average Bonchev–Trinajstić information content (AvgIpc) is 2.88. The Labute approximate surface area is 128 Å². The van der Waals surface area contributed by atoms with E-state index in [1.54, 1.807) is 0 Å². The SMILES string of the molecule is C[C@@H](O)[C@@H](NC(=O)CCCc1c[nH]c2ccccc12)C(=O)O. The fourth-order valence-electron chi connectivity index (χ4n) is 2.41. The molecule has 6 nitrogen and oxygen atoms in total. The number of hydrogen-bond donors (Lipinski definition) is 4. The van der Waals surface area contributed by atoms with Gasteiger partial charge in [-0.2, -0.15) is 0 Å². The minimum absolute atomic E-state index is 0.218. The maximum atomic E-state index is 11.8. The smallest absolute Gasteiger partial charge is 0.328 e. The Bertz CT molecular complexity index is 663. The van der Waals surface area contributed by atoms with Crippen molar-refractivity contribution in [2.24, 2.45) is 0 Å². The summed E-state index contributed by atoms with van der Waals surface area (Å²) in [6, 6.07) is 6.67. The van der Waals surface area contributed by atoms with Gasteiger partial charge in [-0.25, -0.2) is 4.79 Å². The highest BCUT2D eigenvalue weighted by atomic mass is 16.4. The van der Waals surface area contributed by atoms with E-state index in [4.69, 9.17) is 5.11 Å². The molecule has 0 aliphatic rings. The van der Waals surface area contributed by atoms with Crippen LogP contribution < -0.4 is 5.32 Å². The van der Waals surface area contributed by atoms with Crippen LogP contribution in [0.3, 0.4) is 0 Å². The monoisotopic (exact) mass is 304 g/mol. The molecule has 0 fully saturated rings. The van der Waals surface area contributed by atoms with Gasteiger partial charge in [-0.05, 0) is 31.4 Å². The molecular weight excluding hydrogens is 284 g/mol. The fourth-order valence-corrected chi connectivity index (χ4v) is 2.41. The van der Waals surface area contributed by atoms with Gasteiger partial charge in [-0.3, -0.25) is 4.79 Å². The largest absolute Gasteiger partial charge is 0.480 e. The number of aliphatic carboxylic acids is 1. The first-order chi connectivity index (χ1) is 10.5. The number of benzene rings is 1. The number of para-hydroxylation sites is 1. The Kier molecular flexibility index (Phi) is 5.16. The molecule has 0 unspecified atom stereocenters. The van der Waals surface area contributed by atoms with Crippen LogP contribution in [0.1, 0.15) is 25.3 Å². The first-order valence-electron chi connectivity index (χ1n) is 7.24. The topological polar surface area (TPSA) is 102 Å². The third kappa shape index (κ3) is 3.85. The van der Waals surface area contributed by atoms with Crippen LogP contribution in [0.25, 0.3) is 10.9 Å². The summed E-state index contributed by atoms with van der Waals surface area (Å²) in [5.74, 6) is -1.60. The number of carbonyl (C=O) groups excluding carboxylic acids is 1. The Morgan fingerprint density at radius 2 is 2.05 bits per heavy atom. The third-order valence-corrected chi connectivity index (χ3v) is 3.59. The molecule has 0 spiro atoms. The number of fused-ring (bicyclic) bond motifs is 1. The lowest BCUT2D eigenvalue weighted by atomic mass is 10.1. The van der Waals surface area contributed by atoms with Crippen molar-refractivity contribution in [1.82, 2.24) is 10.3 Å². The highest BCUT2D eigenvalue weighted by Crippen LogP contribution is 2.19. The van der Waals surface area contributed by atoms with E-state index in [-0.39, 0.29) is 12.3 Å². The number of aryl methyl sites for hydroxylation is 1. The van der Waals surface area contributed by atoms with Crippen LogP contribution in [0.15, 0.2) is 30.5 Å². The number of carbonyl (C=O) groups is 2. The summed E-state index contributed by atoms with van der Waals surface area (Å²) in [5, 5.41) is 21.7. The summed E-state index contributed by atoms with van der Waals surface area (Å²) >= 11 is 0. The third-order valence-electron chi connectivity index (χ3n) is 3.59. The molecule has 22 heavy (non-hydrogen) atoms. The van der Waals surface area contributed by atoms with Gasteiger partial charge in [-0.15, -0.1) is 0 Å². The molecule has 0 aliphatic carbocycles. The number of aromatic amines is 1. The molecule has 0 aliphatic heterocycles. The maximum Gasteiger partial charge on any atom is 0.328 e. The van der Waals surface area contributed by atoms with E-state index in [1.165, 1.54) is 6.92 Å². The van der Waals surface area contributed by atoms with Gasteiger partial charge in [-0.1, -0.05) is 18.2 Å². The highest BCUT2D eigenvalue weighted by Gasteiger charge is 2.24. The van der Waals surface area contributed by atoms with Crippen LogP contribution in [0, 0.1) is 0 Å². The minimum Gasteiger partial charge on any atom is -0.480 e. The number of carboxylic acid groups (broad SMARTS) is 1. The van der Waals surface area contributed by atoms with Crippen LogP contribution in [0.4, 0.5) is 0 Å². The first kappa shape index (κ1) is 16.0. The van der Waals surface area contributed by atoms with E-state index in [9.17, 15) is 14.7 Å². The van der Waals surface area contributed by atoms with Crippen LogP contribution in [-0.4, -0.2) is 39.2 Å². The molecule has 6 heteroatoms. The van der Waals surface area contributed by atoms with Crippen LogP contribution >= 0.6 is 0 Å². The predicted octanol–water partition coefficient (Wildman–Crippen LogP) is 1.44. The molecule has 1 aromatic carbocycles. The van der Waals surface area contributed by atoms with Gasteiger partial charge in [0, 0.05) is 23.5 Å². The van der Waals surface area contributed by atoms with Crippen LogP contribution in [0.5, 0.6) is 0 Å². The lowest BCUT2D eigenvalue weighted by Crippen LogP contribution is -2.47. The molecule has 0 saturated heterocycles. The van der Waals surface area contributed by atoms with E-state index in [0.717, 1.165) is 22.9 Å². The fraction of sp³-hybridized carbons (Fsp3) is 0.375. The minimum atomic E-state index is -1.26. The van der Waals surface area contributed by atoms with Crippen LogP contribution in [-0.2, 0) is 16.0 Å². The Balaban J connectivity index is 1.85. The molecule has 2 atom stereocenters. The Morgan fingerprint density at radius 3 is 2.73 bits per heavy atom. The van der Waals surface area contributed by atoms with Gasteiger partial charge in [0.2, 0.25) is 5.91 Å². The first-order valence-corrected chi connectivity index (χ1v) is 7.24. The standard InChI is InChI=1S/C16H20N2O4/c1-10(19)15(16(21)22)18-14(20)8-4-5-11-9-17-13-7-3-2-6-12(11)13/h2-3,6-7,9-10,15,17,19H,4-5,8H2,1H3,(H,18,20)(H,21,22)/t10-,15-/m1/s1. The summed E-state index contributed by atoms with van der Waals surface area (Å²) < 4.78 is 0. The summed E-state index contributed by atoms with van der Waals surface area (Å²) in [5.41, 5.74) is 2.19. The number of hydrogen-bond acceptors (Lipinski definition) is 3. The predicted molar refractivity (Wildman–Crippen MR) is 82.5 cm³/mol. The number of rotatable bonds is 7. The summed E-state index contributed by atoms with van der Waals surface area (Å²) in [6.45, 7) is 1.34. The average molecular weight is 304 g/mol. The molecule has 1 heterocycles. The summed E-state index contributed by atoms with van der Waals surface area (Å²) in [6.07, 6.45) is 2.35. The number of aliphatic hydroxyl groups is 1. The molecule has 4 N–H and O–H groups in total. The van der Waals surface area contributed by atoms with Crippen molar-refractivity contribution < 1.29 is 19.8 Å². The zero-order valence-corrected chi connectivity index (χ0v) is 12.4. The van der Waals surface area contributed by atoms with E-state index in [1.807, 2.05) is 30.5 Å². The maximum absolute atomic E-state index is 11.8. The number of amides is 1. The number of carboxylic acids is 1. The molecule has 0 bridgehead atoms. The molecule has 1 amide bonds. The van der Waals surface area contributed by atoms with Crippen molar-refractivity contribution in [2.75, 3.05) is 0 Å². The van der Waals surface area contributed by atoms with Crippen molar-refractivity contribution in [3.8, 4) is 0 Å². The van der Waals surface area contributed by atoms with Gasteiger partial charge in [0.25, 0.3) is 0 Å². The quantitative estimate of drug-likeness (QED) is 0.621. The molecule has 2 rings (SSSR count). The lowest BCUT2D eigenvalue weighted by molar-refractivity contribution is -0.144. The Hall–Kier alpha value is -2.34. The van der Waals surface area contributed by atoms with Gasteiger partial charge in [0.05, 0.1) is 6.10 Å². The second-order valence-electron chi connectivity index (χ2n) is 5.34. The van der Waals surface area contributed by atoms with E-state index < -0.39 is 18.1 Å².